The Kier molecular flexibility index (Phi) is 12.4. The first-order chi connectivity index (χ1) is 29.3. The van der Waals surface area contributed by atoms with E-state index >= 15 is 0 Å². The number of hydrogen-bond donors (Lipinski definition) is 0. The molecule has 10 aliphatic carbocycles. The highest BCUT2D eigenvalue weighted by Gasteiger charge is 2.61. The van der Waals surface area contributed by atoms with E-state index < -0.39 is 0 Å². The van der Waals surface area contributed by atoms with E-state index in [1.165, 1.54) is 89.9 Å². The van der Waals surface area contributed by atoms with Crippen LogP contribution < -0.4 is 0 Å². The van der Waals surface area contributed by atoms with Gasteiger partial charge in [-0.2, -0.15) is 11.8 Å². The molecular formula is C56H91NOS. The van der Waals surface area contributed by atoms with Gasteiger partial charge in [-0.1, -0.05) is 96.3 Å². The maximum absolute atomic E-state index is 7.77. The SMILES string of the molecule is C1CCC(C2CCC(N(C3CCC(C4CCCC5CCCCC54)CC3)C3CCC(C4CCCC5C6CCC7SC8CCCCC8C7C6OC45)C4CCCCC43)CC2)CC1. The minimum absolute atomic E-state index is 0.624. The molecule has 16 atom stereocenters. The lowest BCUT2D eigenvalue weighted by Crippen LogP contribution is -2.59. The van der Waals surface area contributed by atoms with Gasteiger partial charge in [0.05, 0.1) is 12.2 Å². The Balaban J connectivity index is 0.775. The third-order valence-electron chi connectivity index (χ3n) is 22.9. The summed E-state index contributed by atoms with van der Waals surface area (Å²) in [6, 6.07) is 2.70. The predicted octanol–water partition coefficient (Wildman–Crippen LogP) is 15.1. The number of fused-ring (bicyclic) bond motifs is 9. The Morgan fingerprint density at radius 2 is 0.763 bits per heavy atom. The molecule has 12 rings (SSSR count). The van der Waals surface area contributed by atoms with Gasteiger partial charge >= 0.3 is 0 Å². The van der Waals surface area contributed by atoms with Crippen molar-refractivity contribution in [3.8, 4) is 0 Å². The monoisotopic (exact) mass is 826 g/mol. The molecule has 16 unspecified atom stereocenters. The van der Waals surface area contributed by atoms with E-state index in [1.807, 2.05) is 0 Å². The van der Waals surface area contributed by atoms with E-state index in [-0.39, 0.29) is 0 Å². The van der Waals surface area contributed by atoms with Crippen molar-refractivity contribution in [3.63, 3.8) is 0 Å². The van der Waals surface area contributed by atoms with Crippen molar-refractivity contribution in [1.29, 1.82) is 0 Å². The van der Waals surface area contributed by atoms with Gasteiger partial charge in [-0.25, -0.2) is 0 Å². The fraction of sp³-hybridized carbons (Fsp3) is 1.00. The van der Waals surface area contributed by atoms with Gasteiger partial charge < -0.3 is 4.74 Å². The van der Waals surface area contributed by atoms with Crippen LogP contribution >= 0.6 is 11.8 Å². The average Bonchev–Trinajstić information content (AvgIpc) is 3.89. The normalized spacial score (nSPS) is 53.0. The largest absolute Gasteiger partial charge is 0.374 e. The third-order valence-corrected chi connectivity index (χ3v) is 24.8. The molecule has 0 aromatic carbocycles. The van der Waals surface area contributed by atoms with E-state index in [4.69, 9.17) is 4.74 Å². The quantitative estimate of drug-likeness (QED) is 0.265. The molecule has 0 spiro atoms. The van der Waals surface area contributed by atoms with Gasteiger partial charge in [-0.05, 0) is 205 Å². The number of rotatable bonds is 6. The van der Waals surface area contributed by atoms with Crippen LogP contribution in [-0.4, -0.2) is 45.7 Å². The van der Waals surface area contributed by atoms with Crippen molar-refractivity contribution < 1.29 is 4.74 Å². The van der Waals surface area contributed by atoms with Crippen molar-refractivity contribution in [1.82, 2.24) is 4.90 Å². The Labute approximate surface area is 368 Å². The molecule has 2 saturated heterocycles. The zero-order valence-corrected chi connectivity index (χ0v) is 39.0. The van der Waals surface area contributed by atoms with Crippen LogP contribution in [-0.2, 0) is 4.74 Å². The van der Waals surface area contributed by atoms with Crippen LogP contribution in [0, 0.1) is 82.9 Å². The summed E-state index contributed by atoms with van der Waals surface area (Å²) in [6.07, 6.45) is 55.4. The number of hydrogen-bond acceptors (Lipinski definition) is 3. The molecule has 12 aliphatic rings. The molecule has 0 bridgehead atoms. The Hall–Kier alpha value is 0.270. The van der Waals surface area contributed by atoms with Gasteiger partial charge in [0, 0.05) is 34.5 Å². The van der Waals surface area contributed by atoms with Crippen LogP contribution in [0.15, 0.2) is 0 Å². The molecule has 2 heterocycles. The second-order valence-corrected chi connectivity index (χ2v) is 26.5. The molecule has 332 valence electrons. The van der Waals surface area contributed by atoms with Gasteiger partial charge in [-0.15, -0.1) is 0 Å². The second kappa shape index (κ2) is 17.9. The van der Waals surface area contributed by atoms with E-state index in [0.717, 1.165) is 111 Å². The first-order valence-corrected chi connectivity index (χ1v) is 29.3. The molecule has 0 N–H and O–H groups in total. The van der Waals surface area contributed by atoms with E-state index in [0.29, 0.717) is 12.2 Å². The lowest BCUT2D eigenvalue weighted by Gasteiger charge is -2.57. The topological polar surface area (TPSA) is 12.5 Å². The molecule has 2 aliphatic heterocycles. The van der Waals surface area contributed by atoms with Crippen molar-refractivity contribution >= 4 is 11.8 Å². The van der Waals surface area contributed by atoms with Gasteiger partial charge in [0.1, 0.15) is 0 Å². The zero-order valence-electron chi connectivity index (χ0n) is 38.1. The maximum Gasteiger partial charge on any atom is 0.0652 e. The Morgan fingerprint density at radius 3 is 1.54 bits per heavy atom. The number of thioether (sulfide) groups is 1. The summed E-state index contributed by atoms with van der Waals surface area (Å²) >= 11 is 2.46. The molecule has 3 heteroatoms. The van der Waals surface area contributed by atoms with Gasteiger partial charge in [0.15, 0.2) is 0 Å². The molecule has 59 heavy (non-hydrogen) atoms. The van der Waals surface area contributed by atoms with Crippen LogP contribution in [0.25, 0.3) is 0 Å². The van der Waals surface area contributed by atoms with E-state index in [1.54, 1.807) is 135 Å². The first kappa shape index (κ1) is 40.8. The van der Waals surface area contributed by atoms with Gasteiger partial charge in [-0.3, -0.25) is 4.90 Å². The smallest absolute Gasteiger partial charge is 0.0652 e. The fourth-order valence-electron chi connectivity index (χ4n) is 20.6. The summed E-state index contributed by atoms with van der Waals surface area (Å²) < 4.78 is 7.77. The fourth-order valence-corrected chi connectivity index (χ4v) is 22.7. The highest BCUT2D eigenvalue weighted by molar-refractivity contribution is 8.00. The van der Waals surface area contributed by atoms with Crippen LogP contribution in [0.3, 0.4) is 0 Å². The average molecular weight is 826 g/mol. The van der Waals surface area contributed by atoms with Crippen LogP contribution in [0.4, 0.5) is 0 Å². The minimum atomic E-state index is 0.624. The first-order valence-electron chi connectivity index (χ1n) is 28.3. The summed E-state index contributed by atoms with van der Waals surface area (Å²) in [5.41, 5.74) is 0. The molecular weight excluding hydrogens is 735 g/mol. The van der Waals surface area contributed by atoms with E-state index in [2.05, 4.69) is 16.7 Å². The molecule has 0 amide bonds. The summed E-state index contributed by atoms with van der Waals surface area (Å²) in [5.74, 6) is 14.1. The highest BCUT2D eigenvalue weighted by atomic mass is 32.2. The van der Waals surface area contributed by atoms with E-state index in [9.17, 15) is 0 Å². The van der Waals surface area contributed by atoms with Crippen molar-refractivity contribution in [2.24, 2.45) is 82.9 Å². The molecule has 0 aromatic heterocycles. The lowest BCUT2D eigenvalue weighted by atomic mass is 9.55. The Morgan fingerprint density at radius 1 is 0.288 bits per heavy atom. The number of nitrogens with zero attached hydrogens (tertiary/aromatic N) is 1. The summed E-state index contributed by atoms with van der Waals surface area (Å²) in [4.78, 5) is 3.47. The molecule has 12 fully saturated rings. The Bertz CT molecular complexity index is 1380. The molecule has 0 aromatic rings. The van der Waals surface area contributed by atoms with Crippen molar-refractivity contribution in [2.75, 3.05) is 0 Å². The molecule has 2 nitrogen and oxygen atoms in total. The maximum atomic E-state index is 7.77. The third kappa shape index (κ3) is 7.65. The molecule has 0 radical (unpaired) electrons. The van der Waals surface area contributed by atoms with Gasteiger partial charge in [0.2, 0.25) is 0 Å². The van der Waals surface area contributed by atoms with Crippen LogP contribution in [0.1, 0.15) is 225 Å². The lowest BCUT2D eigenvalue weighted by molar-refractivity contribution is -0.108. The second-order valence-electron chi connectivity index (χ2n) is 25.0. The summed E-state index contributed by atoms with van der Waals surface area (Å²) in [6.45, 7) is 0. The highest BCUT2D eigenvalue weighted by Crippen LogP contribution is 2.63. The number of ether oxygens (including phenoxy) is 1. The van der Waals surface area contributed by atoms with Crippen LogP contribution in [0.2, 0.25) is 0 Å². The standard InChI is InChI=1S/C56H91NOS/c1-2-12-36(13-3-1)37-24-28-40(29-25-37)57(41-30-26-39(27-31-41)43-20-10-15-38-14-4-5-16-42(38)43)51-34-32-45(44-17-6-7-18-46(44)51)47-21-11-22-48-49-33-35-53-54(56(49)58-55(47)48)50-19-8-9-23-52(50)59-53/h36-56H,1-35H2. The van der Waals surface area contributed by atoms with Crippen molar-refractivity contribution in [2.45, 2.75) is 266 Å². The summed E-state index contributed by atoms with van der Waals surface area (Å²) in [5, 5.41) is 1.92. The predicted molar refractivity (Wildman–Crippen MR) is 247 cm³/mol. The van der Waals surface area contributed by atoms with Crippen molar-refractivity contribution in [3.05, 3.63) is 0 Å². The summed E-state index contributed by atoms with van der Waals surface area (Å²) in [7, 11) is 0. The zero-order chi connectivity index (χ0) is 38.9. The minimum Gasteiger partial charge on any atom is -0.374 e. The molecule has 10 saturated carbocycles. The van der Waals surface area contributed by atoms with Crippen LogP contribution in [0.5, 0.6) is 0 Å². The van der Waals surface area contributed by atoms with Gasteiger partial charge in [0.25, 0.3) is 0 Å².